The number of guanidine groups is 1. The monoisotopic (exact) mass is 415 g/mol. The SMILES string of the molecule is CCNC(=NCc1ccc(C(=O)OC)c(OC)c1)NC(C)Cc1c(C)nn(C)c1C. The van der Waals surface area contributed by atoms with Crippen LogP contribution in [-0.2, 0) is 24.8 Å². The molecule has 2 aromatic rings. The van der Waals surface area contributed by atoms with Crippen molar-refractivity contribution in [1.82, 2.24) is 20.4 Å². The quantitative estimate of drug-likeness (QED) is 0.391. The molecule has 2 rings (SSSR count). The van der Waals surface area contributed by atoms with E-state index in [4.69, 9.17) is 9.47 Å². The number of hydrogen-bond donors (Lipinski definition) is 2. The highest BCUT2D eigenvalue weighted by molar-refractivity contribution is 5.92. The summed E-state index contributed by atoms with van der Waals surface area (Å²) in [6, 6.07) is 5.55. The Bertz CT molecular complexity index is 904. The van der Waals surface area contributed by atoms with Crippen molar-refractivity contribution in [3.63, 3.8) is 0 Å². The van der Waals surface area contributed by atoms with Crippen molar-refractivity contribution in [2.24, 2.45) is 12.0 Å². The Morgan fingerprint density at radius 2 is 2.03 bits per heavy atom. The minimum atomic E-state index is -0.424. The number of nitrogens with zero attached hydrogens (tertiary/aromatic N) is 3. The third-order valence-electron chi connectivity index (χ3n) is 4.99. The van der Waals surface area contributed by atoms with E-state index in [1.165, 1.54) is 25.5 Å². The zero-order valence-electron chi connectivity index (χ0n) is 19.0. The molecule has 1 atom stereocenters. The summed E-state index contributed by atoms with van der Waals surface area (Å²) in [7, 11) is 4.85. The number of ether oxygens (including phenoxy) is 2. The molecule has 1 aromatic carbocycles. The molecule has 2 N–H and O–H groups in total. The molecule has 0 aliphatic rings. The van der Waals surface area contributed by atoms with Crippen molar-refractivity contribution in [2.75, 3.05) is 20.8 Å². The van der Waals surface area contributed by atoms with Gasteiger partial charge in [-0.1, -0.05) is 6.07 Å². The van der Waals surface area contributed by atoms with Crippen molar-refractivity contribution in [1.29, 1.82) is 0 Å². The summed E-state index contributed by atoms with van der Waals surface area (Å²) < 4.78 is 12.0. The summed E-state index contributed by atoms with van der Waals surface area (Å²) in [6.45, 7) is 9.50. The summed E-state index contributed by atoms with van der Waals surface area (Å²) in [4.78, 5) is 16.5. The molecule has 0 aliphatic carbocycles. The summed E-state index contributed by atoms with van der Waals surface area (Å²) in [5.74, 6) is 0.787. The lowest BCUT2D eigenvalue weighted by molar-refractivity contribution is 0.0597. The van der Waals surface area contributed by atoms with Crippen LogP contribution in [0.3, 0.4) is 0 Å². The first-order valence-corrected chi connectivity index (χ1v) is 10.1. The lowest BCUT2D eigenvalue weighted by Gasteiger charge is -2.18. The molecule has 8 nitrogen and oxygen atoms in total. The van der Waals surface area contributed by atoms with Gasteiger partial charge in [-0.15, -0.1) is 0 Å². The molecule has 30 heavy (non-hydrogen) atoms. The second-order valence-corrected chi connectivity index (χ2v) is 7.24. The molecule has 1 heterocycles. The smallest absolute Gasteiger partial charge is 0.341 e. The number of methoxy groups -OCH3 is 2. The Kier molecular flexibility index (Phi) is 8.26. The fourth-order valence-electron chi connectivity index (χ4n) is 3.31. The maximum atomic E-state index is 11.8. The average Bonchev–Trinajstić information content (AvgIpc) is 2.97. The fraction of sp³-hybridized carbons (Fsp3) is 0.500. The maximum absolute atomic E-state index is 11.8. The molecule has 1 aromatic heterocycles. The third-order valence-corrected chi connectivity index (χ3v) is 4.99. The number of carbonyl (C=O) groups excluding carboxylic acids is 1. The van der Waals surface area contributed by atoms with Crippen molar-refractivity contribution >= 4 is 11.9 Å². The van der Waals surface area contributed by atoms with Crippen molar-refractivity contribution < 1.29 is 14.3 Å². The molecular formula is C22H33N5O3. The number of aliphatic imine (C=N–C) groups is 1. The third kappa shape index (κ3) is 5.75. The fourth-order valence-corrected chi connectivity index (χ4v) is 3.31. The van der Waals surface area contributed by atoms with Gasteiger partial charge in [0.25, 0.3) is 0 Å². The highest BCUT2D eigenvalue weighted by Gasteiger charge is 2.15. The van der Waals surface area contributed by atoms with Crippen LogP contribution < -0.4 is 15.4 Å². The minimum absolute atomic E-state index is 0.181. The molecule has 0 fully saturated rings. The minimum Gasteiger partial charge on any atom is -0.496 e. The van der Waals surface area contributed by atoms with E-state index < -0.39 is 5.97 Å². The van der Waals surface area contributed by atoms with Gasteiger partial charge in [0.2, 0.25) is 0 Å². The molecule has 0 aliphatic heterocycles. The molecule has 0 radical (unpaired) electrons. The van der Waals surface area contributed by atoms with Crippen LogP contribution in [0.1, 0.15) is 46.7 Å². The van der Waals surface area contributed by atoms with E-state index in [0.29, 0.717) is 17.9 Å². The Labute approximate surface area is 178 Å². The number of esters is 1. The highest BCUT2D eigenvalue weighted by Crippen LogP contribution is 2.21. The van der Waals surface area contributed by atoms with Crippen LogP contribution in [0.25, 0.3) is 0 Å². The van der Waals surface area contributed by atoms with E-state index in [-0.39, 0.29) is 6.04 Å². The molecule has 0 spiro atoms. The number of benzene rings is 1. The summed E-state index contributed by atoms with van der Waals surface area (Å²) in [5.41, 5.74) is 4.83. The number of carbonyl (C=O) groups is 1. The first-order chi connectivity index (χ1) is 14.3. The van der Waals surface area contributed by atoms with Crippen LogP contribution in [0.15, 0.2) is 23.2 Å². The van der Waals surface area contributed by atoms with E-state index in [2.05, 4.69) is 34.6 Å². The largest absolute Gasteiger partial charge is 0.496 e. The molecular weight excluding hydrogens is 382 g/mol. The van der Waals surface area contributed by atoms with Crippen molar-refractivity contribution in [3.8, 4) is 5.75 Å². The van der Waals surface area contributed by atoms with Gasteiger partial charge in [-0.25, -0.2) is 9.79 Å². The van der Waals surface area contributed by atoms with Crippen LogP contribution in [0, 0.1) is 13.8 Å². The Morgan fingerprint density at radius 3 is 2.60 bits per heavy atom. The molecule has 1 unspecified atom stereocenters. The maximum Gasteiger partial charge on any atom is 0.341 e. The number of nitrogens with one attached hydrogen (secondary N) is 2. The summed E-state index contributed by atoms with van der Waals surface area (Å²) >= 11 is 0. The van der Waals surface area contributed by atoms with Crippen molar-refractivity contribution in [2.45, 2.75) is 46.7 Å². The Hall–Kier alpha value is -3.03. The number of aryl methyl sites for hydroxylation is 2. The zero-order chi connectivity index (χ0) is 22.3. The van der Waals surface area contributed by atoms with Gasteiger partial charge < -0.3 is 20.1 Å². The number of hydrogen-bond acceptors (Lipinski definition) is 5. The van der Waals surface area contributed by atoms with Gasteiger partial charge in [0.1, 0.15) is 11.3 Å². The lowest BCUT2D eigenvalue weighted by atomic mass is 10.1. The molecule has 0 saturated carbocycles. The summed E-state index contributed by atoms with van der Waals surface area (Å²) in [6.07, 6.45) is 0.859. The van der Waals surface area contributed by atoms with Gasteiger partial charge in [0, 0.05) is 25.3 Å². The van der Waals surface area contributed by atoms with E-state index in [9.17, 15) is 4.79 Å². The van der Waals surface area contributed by atoms with Gasteiger partial charge in [-0.05, 0) is 57.4 Å². The van der Waals surface area contributed by atoms with Gasteiger partial charge in [0.05, 0.1) is 26.5 Å². The normalized spacial score (nSPS) is 12.4. The first-order valence-electron chi connectivity index (χ1n) is 10.1. The highest BCUT2D eigenvalue weighted by atomic mass is 16.5. The Morgan fingerprint density at radius 1 is 1.30 bits per heavy atom. The van der Waals surface area contributed by atoms with E-state index >= 15 is 0 Å². The molecule has 8 heteroatoms. The van der Waals surface area contributed by atoms with E-state index in [0.717, 1.165) is 30.2 Å². The first kappa shape index (κ1) is 23.3. The van der Waals surface area contributed by atoms with Gasteiger partial charge in [0.15, 0.2) is 5.96 Å². The second-order valence-electron chi connectivity index (χ2n) is 7.24. The van der Waals surface area contributed by atoms with Crippen LogP contribution in [-0.4, -0.2) is 48.5 Å². The number of rotatable bonds is 8. The molecule has 0 bridgehead atoms. The van der Waals surface area contributed by atoms with E-state index in [1.54, 1.807) is 6.07 Å². The standard InChI is InChI=1S/C22H33N5O3/c1-8-23-22(25-14(2)11-19-15(3)26-27(5)16(19)4)24-13-17-9-10-18(21(28)30-7)20(12-17)29-6/h9-10,12,14H,8,11,13H2,1-7H3,(H2,23,24,25). The Balaban J connectivity index is 2.11. The predicted octanol–water partition coefficient (Wildman–Crippen LogP) is 2.52. The molecule has 0 saturated heterocycles. The average molecular weight is 416 g/mol. The van der Waals surface area contributed by atoms with Crippen LogP contribution in [0.4, 0.5) is 0 Å². The topological polar surface area (TPSA) is 89.8 Å². The second kappa shape index (κ2) is 10.7. The summed E-state index contributed by atoms with van der Waals surface area (Å²) in [5, 5.41) is 11.2. The zero-order valence-corrected chi connectivity index (χ0v) is 19.0. The van der Waals surface area contributed by atoms with Gasteiger partial charge in [-0.3, -0.25) is 4.68 Å². The van der Waals surface area contributed by atoms with Crippen LogP contribution in [0.5, 0.6) is 5.75 Å². The number of aromatic nitrogens is 2. The van der Waals surface area contributed by atoms with Crippen molar-refractivity contribution in [3.05, 3.63) is 46.3 Å². The van der Waals surface area contributed by atoms with Crippen LogP contribution in [0.2, 0.25) is 0 Å². The molecule has 0 amide bonds. The van der Waals surface area contributed by atoms with Crippen LogP contribution >= 0.6 is 0 Å². The van der Waals surface area contributed by atoms with Gasteiger partial charge in [-0.2, -0.15) is 5.10 Å². The molecule has 164 valence electrons. The predicted molar refractivity (Wildman–Crippen MR) is 118 cm³/mol. The van der Waals surface area contributed by atoms with Gasteiger partial charge >= 0.3 is 5.97 Å². The lowest BCUT2D eigenvalue weighted by Crippen LogP contribution is -2.43. The van der Waals surface area contributed by atoms with E-state index in [1.807, 2.05) is 37.7 Å².